The number of benzene rings is 1. The van der Waals surface area contributed by atoms with Gasteiger partial charge in [-0.3, -0.25) is 0 Å². The normalized spacial score (nSPS) is 10.1. The summed E-state index contributed by atoms with van der Waals surface area (Å²) in [6.45, 7) is 2.03. The summed E-state index contributed by atoms with van der Waals surface area (Å²) in [7, 11) is 0. The maximum atomic E-state index is 4.50. The third kappa shape index (κ3) is 2.44. The molecule has 0 saturated carbocycles. The molecule has 2 aromatic rings. The molecule has 1 nitrogen and oxygen atoms in total. The van der Waals surface area contributed by atoms with Crippen molar-refractivity contribution in [2.45, 2.75) is 6.92 Å². The van der Waals surface area contributed by atoms with Gasteiger partial charge in [-0.15, -0.1) is 0 Å². The van der Waals surface area contributed by atoms with Crippen LogP contribution in [0.1, 0.15) is 5.69 Å². The molecule has 0 unspecified atom stereocenters. The minimum atomic E-state index is 0.341. The second-order valence-corrected chi connectivity index (χ2v) is 5.33. The Labute approximate surface area is 90.4 Å². The summed E-state index contributed by atoms with van der Waals surface area (Å²) in [6, 6.07) is 16.7. The van der Waals surface area contributed by atoms with Crippen LogP contribution < -0.4 is 9.05 Å². The Morgan fingerprint density at radius 2 is 1.71 bits per heavy atom. The van der Waals surface area contributed by atoms with E-state index in [0.717, 1.165) is 5.69 Å². The fraction of sp³-hybridized carbons (Fsp3) is 0.0833. The fourth-order valence-corrected chi connectivity index (χ4v) is 3.01. The van der Waals surface area contributed by atoms with Crippen LogP contribution in [0.3, 0.4) is 0 Å². The first-order chi connectivity index (χ1) is 6.84. The van der Waals surface area contributed by atoms with E-state index in [-0.39, 0.29) is 0 Å². The topological polar surface area (TPSA) is 12.9 Å². The van der Waals surface area contributed by atoms with Crippen molar-refractivity contribution in [2.75, 3.05) is 0 Å². The predicted molar refractivity (Wildman–Crippen MR) is 60.4 cm³/mol. The SMILES string of the molecule is Cc1cccc([Se]c2ccccc2)n1. The van der Waals surface area contributed by atoms with Crippen molar-refractivity contribution in [1.82, 2.24) is 4.98 Å². The Bertz CT molecular complexity index is 412. The standard InChI is InChI=1S/C12H11NSe/c1-10-6-5-9-12(13-10)14-11-7-3-2-4-8-11/h2-9H,1H3. The first-order valence-electron chi connectivity index (χ1n) is 4.51. The molecular formula is C12H11NSe. The van der Waals surface area contributed by atoms with Crippen LogP contribution in [0.5, 0.6) is 0 Å². The molecule has 0 radical (unpaired) electrons. The van der Waals surface area contributed by atoms with Gasteiger partial charge in [0.25, 0.3) is 0 Å². The molecule has 0 N–H and O–H groups in total. The summed E-state index contributed by atoms with van der Waals surface area (Å²) < 4.78 is 2.57. The molecule has 0 amide bonds. The Balaban J connectivity index is 2.19. The van der Waals surface area contributed by atoms with Gasteiger partial charge < -0.3 is 0 Å². The van der Waals surface area contributed by atoms with Gasteiger partial charge in [-0.2, -0.15) is 0 Å². The Morgan fingerprint density at radius 1 is 0.929 bits per heavy atom. The molecule has 0 saturated heterocycles. The predicted octanol–water partition coefficient (Wildman–Crippen LogP) is 1.05. The van der Waals surface area contributed by atoms with Crippen LogP contribution in [0.4, 0.5) is 0 Å². The van der Waals surface area contributed by atoms with Crippen molar-refractivity contribution in [2.24, 2.45) is 0 Å². The van der Waals surface area contributed by atoms with E-state index >= 15 is 0 Å². The minimum absolute atomic E-state index is 0.341. The van der Waals surface area contributed by atoms with E-state index in [1.807, 2.05) is 19.1 Å². The van der Waals surface area contributed by atoms with E-state index in [4.69, 9.17) is 0 Å². The molecule has 1 aromatic heterocycles. The van der Waals surface area contributed by atoms with Gasteiger partial charge in [0.05, 0.1) is 0 Å². The Morgan fingerprint density at radius 3 is 2.43 bits per heavy atom. The molecule has 0 spiro atoms. The monoisotopic (exact) mass is 249 g/mol. The van der Waals surface area contributed by atoms with E-state index < -0.39 is 0 Å². The molecule has 0 atom stereocenters. The zero-order valence-electron chi connectivity index (χ0n) is 7.97. The average molecular weight is 248 g/mol. The number of pyridine rings is 1. The molecule has 0 bridgehead atoms. The number of aryl methyl sites for hydroxylation is 1. The zero-order chi connectivity index (χ0) is 9.80. The first-order valence-corrected chi connectivity index (χ1v) is 6.22. The van der Waals surface area contributed by atoms with Gasteiger partial charge in [-0.05, 0) is 0 Å². The quantitative estimate of drug-likeness (QED) is 0.724. The summed E-state index contributed by atoms with van der Waals surface area (Å²) in [5.74, 6) is 0. The second kappa shape index (κ2) is 4.41. The van der Waals surface area contributed by atoms with Crippen molar-refractivity contribution >= 4 is 24.0 Å². The van der Waals surface area contributed by atoms with E-state index in [1.54, 1.807) is 0 Å². The summed E-state index contributed by atoms with van der Waals surface area (Å²) in [5, 5.41) is 0. The maximum absolute atomic E-state index is 4.50. The molecule has 0 aliphatic heterocycles. The van der Waals surface area contributed by atoms with Crippen molar-refractivity contribution in [3.63, 3.8) is 0 Å². The zero-order valence-corrected chi connectivity index (χ0v) is 9.69. The third-order valence-corrected chi connectivity index (χ3v) is 3.81. The van der Waals surface area contributed by atoms with E-state index in [1.165, 1.54) is 9.05 Å². The fourth-order valence-electron chi connectivity index (χ4n) is 1.18. The van der Waals surface area contributed by atoms with Crippen LogP contribution in [0, 0.1) is 6.92 Å². The summed E-state index contributed by atoms with van der Waals surface area (Å²) in [5.41, 5.74) is 1.10. The van der Waals surface area contributed by atoms with Crippen LogP contribution in [0.25, 0.3) is 0 Å². The molecule has 0 fully saturated rings. The summed E-state index contributed by atoms with van der Waals surface area (Å²) in [6.07, 6.45) is 0. The molecule has 0 aliphatic carbocycles. The van der Waals surface area contributed by atoms with Gasteiger partial charge in [0.2, 0.25) is 0 Å². The molecule has 0 aliphatic rings. The van der Waals surface area contributed by atoms with E-state index in [0.29, 0.717) is 15.0 Å². The van der Waals surface area contributed by atoms with Crippen LogP contribution in [-0.2, 0) is 0 Å². The Hall–Kier alpha value is -1.11. The number of nitrogens with zero attached hydrogens (tertiary/aromatic N) is 1. The first kappa shape index (κ1) is 9.44. The number of hydrogen-bond donors (Lipinski definition) is 0. The van der Waals surface area contributed by atoms with Crippen molar-refractivity contribution in [3.05, 3.63) is 54.2 Å². The summed E-state index contributed by atoms with van der Waals surface area (Å²) >= 11 is 0.341. The van der Waals surface area contributed by atoms with Gasteiger partial charge in [-0.25, -0.2) is 0 Å². The van der Waals surface area contributed by atoms with Crippen molar-refractivity contribution in [1.29, 1.82) is 0 Å². The van der Waals surface area contributed by atoms with Gasteiger partial charge >= 0.3 is 90.1 Å². The average Bonchev–Trinajstić information content (AvgIpc) is 2.19. The second-order valence-electron chi connectivity index (χ2n) is 3.03. The number of aromatic nitrogens is 1. The van der Waals surface area contributed by atoms with Crippen LogP contribution in [0.2, 0.25) is 0 Å². The van der Waals surface area contributed by atoms with Crippen molar-refractivity contribution < 1.29 is 0 Å². The van der Waals surface area contributed by atoms with Crippen LogP contribution in [-0.4, -0.2) is 19.9 Å². The van der Waals surface area contributed by atoms with Gasteiger partial charge in [0, 0.05) is 0 Å². The molecule has 2 heteroatoms. The Kier molecular flexibility index (Phi) is 2.97. The third-order valence-electron chi connectivity index (χ3n) is 1.83. The van der Waals surface area contributed by atoms with Crippen LogP contribution in [0.15, 0.2) is 48.5 Å². The number of hydrogen-bond acceptors (Lipinski definition) is 1. The molecule has 2 rings (SSSR count). The van der Waals surface area contributed by atoms with Gasteiger partial charge in [0.15, 0.2) is 0 Å². The van der Waals surface area contributed by atoms with Gasteiger partial charge in [0.1, 0.15) is 0 Å². The van der Waals surface area contributed by atoms with Crippen molar-refractivity contribution in [3.8, 4) is 0 Å². The van der Waals surface area contributed by atoms with E-state index in [9.17, 15) is 0 Å². The van der Waals surface area contributed by atoms with Gasteiger partial charge in [-0.1, -0.05) is 0 Å². The molecular weight excluding hydrogens is 237 g/mol. The molecule has 1 aromatic carbocycles. The molecule has 70 valence electrons. The van der Waals surface area contributed by atoms with Crippen LogP contribution >= 0.6 is 0 Å². The molecule has 1 heterocycles. The summed E-state index contributed by atoms with van der Waals surface area (Å²) in [4.78, 5) is 4.50. The van der Waals surface area contributed by atoms with E-state index in [2.05, 4.69) is 41.4 Å². The molecule has 14 heavy (non-hydrogen) atoms. The number of rotatable bonds is 2.